The summed E-state index contributed by atoms with van der Waals surface area (Å²) >= 11 is 0. The summed E-state index contributed by atoms with van der Waals surface area (Å²) in [7, 11) is 0. The van der Waals surface area contributed by atoms with E-state index in [-0.39, 0.29) is 11.9 Å². The number of nitrogens with zero attached hydrogens (tertiary/aromatic N) is 2. The van der Waals surface area contributed by atoms with E-state index in [9.17, 15) is 4.79 Å². The molecule has 3 aromatic rings. The number of furan rings is 1. The Balaban J connectivity index is 1.74. The van der Waals surface area contributed by atoms with Crippen LogP contribution in [0.5, 0.6) is 0 Å². The van der Waals surface area contributed by atoms with Gasteiger partial charge in [-0.15, -0.1) is 0 Å². The molecule has 2 N–H and O–H groups in total. The zero-order valence-corrected chi connectivity index (χ0v) is 15.0. The summed E-state index contributed by atoms with van der Waals surface area (Å²) in [6, 6.07) is 7.57. The number of rotatable bonds is 4. The molecule has 0 fully saturated rings. The third-order valence-electron chi connectivity index (χ3n) is 4.46. The molecule has 0 saturated heterocycles. The predicted octanol–water partition coefficient (Wildman–Crippen LogP) is 4.26. The lowest BCUT2D eigenvalue weighted by Crippen LogP contribution is -2.12. The lowest BCUT2D eigenvalue weighted by molar-refractivity contribution is 0.0345. The lowest BCUT2D eigenvalue weighted by atomic mass is 10.1. The summed E-state index contributed by atoms with van der Waals surface area (Å²) in [5.41, 5.74) is 4.60. The summed E-state index contributed by atoms with van der Waals surface area (Å²) in [5, 5.41) is 16.5. The van der Waals surface area contributed by atoms with E-state index in [0.29, 0.717) is 23.4 Å². The van der Waals surface area contributed by atoms with Crippen LogP contribution in [0.4, 0.5) is 11.4 Å². The molecule has 1 aliphatic rings. The normalized spacial score (nSPS) is 14.7. The van der Waals surface area contributed by atoms with Gasteiger partial charge in [-0.25, -0.2) is 4.79 Å². The number of carbonyl (C=O) groups is 1. The van der Waals surface area contributed by atoms with Crippen LogP contribution < -0.4 is 5.32 Å². The van der Waals surface area contributed by atoms with Crippen LogP contribution in [-0.2, 0) is 11.2 Å². The van der Waals surface area contributed by atoms with Crippen LogP contribution in [0.25, 0.3) is 11.0 Å². The van der Waals surface area contributed by atoms with Gasteiger partial charge in [0.05, 0.1) is 18.0 Å². The molecule has 1 aliphatic carbocycles. The first-order valence-corrected chi connectivity index (χ1v) is 8.75. The Hall–Kier alpha value is -3.35. The minimum atomic E-state index is -0.528. The summed E-state index contributed by atoms with van der Waals surface area (Å²) in [5.74, 6) is -0.413. The molecule has 7 nitrogen and oxygen atoms in total. The molecule has 4 rings (SSSR count). The third-order valence-corrected chi connectivity index (χ3v) is 4.46. The second kappa shape index (κ2) is 6.75. The molecule has 0 radical (unpaired) electrons. The van der Waals surface area contributed by atoms with Gasteiger partial charge < -0.3 is 19.7 Å². The van der Waals surface area contributed by atoms with Crippen molar-refractivity contribution in [2.45, 2.75) is 32.8 Å². The van der Waals surface area contributed by atoms with Crippen molar-refractivity contribution in [2.24, 2.45) is 5.16 Å². The second-order valence-electron chi connectivity index (χ2n) is 6.68. The molecule has 1 aromatic carbocycles. The molecule has 0 spiro atoms. The molecule has 0 atom stereocenters. The molecule has 2 aromatic heterocycles. The fraction of sp³-hybridized carbons (Fsp3) is 0.250. The Labute approximate surface area is 155 Å². The van der Waals surface area contributed by atoms with Gasteiger partial charge >= 0.3 is 5.97 Å². The van der Waals surface area contributed by atoms with Gasteiger partial charge in [0.15, 0.2) is 5.58 Å². The van der Waals surface area contributed by atoms with Crippen LogP contribution in [-0.4, -0.2) is 28.0 Å². The van der Waals surface area contributed by atoms with Crippen LogP contribution in [0, 0.1) is 0 Å². The highest BCUT2D eigenvalue weighted by Gasteiger charge is 2.24. The van der Waals surface area contributed by atoms with Gasteiger partial charge in [-0.1, -0.05) is 11.2 Å². The third kappa shape index (κ3) is 3.12. The van der Waals surface area contributed by atoms with Crippen LogP contribution in [0.3, 0.4) is 0 Å². The number of oxime groups is 1. The van der Waals surface area contributed by atoms with Gasteiger partial charge in [-0.2, -0.15) is 0 Å². The minimum Gasteiger partial charge on any atom is -0.457 e. The number of fused-ring (bicyclic) bond motifs is 2. The van der Waals surface area contributed by atoms with Crippen molar-refractivity contribution >= 4 is 34.0 Å². The largest absolute Gasteiger partial charge is 0.457 e. The number of esters is 1. The van der Waals surface area contributed by atoms with Gasteiger partial charge in [-0.05, 0) is 50.5 Å². The Morgan fingerprint density at radius 1 is 1.33 bits per heavy atom. The first-order valence-electron chi connectivity index (χ1n) is 8.75. The fourth-order valence-electron chi connectivity index (χ4n) is 3.28. The monoisotopic (exact) mass is 365 g/mol. The summed E-state index contributed by atoms with van der Waals surface area (Å²) < 4.78 is 11.0. The summed E-state index contributed by atoms with van der Waals surface area (Å²) in [6.45, 7) is 3.58. The molecule has 0 aliphatic heterocycles. The Bertz CT molecular complexity index is 1050. The number of anilines is 2. The molecule has 2 heterocycles. The van der Waals surface area contributed by atoms with Crippen LogP contribution in [0.15, 0.2) is 46.2 Å². The first-order chi connectivity index (χ1) is 13.1. The summed E-state index contributed by atoms with van der Waals surface area (Å²) in [6.07, 6.45) is 4.48. The van der Waals surface area contributed by atoms with Gasteiger partial charge in [0.2, 0.25) is 5.76 Å². The molecule has 0 amide bonds. The first kappa shape index (κ1) is 17.1. The van der Waals surface area contributed by atoms with E-state index in [1.54, 1.807) is 32.3 Å². The SMILES string of the molecule is CC(C)OC(=O)c1oc2cnccc2c1Nc1ccc2c(c1)CCC2=NO. The van der Waals surface area contributed by atoms with Gasteiger partial charge in [0, 0.05) is 22.8 Å². The van der Waals surface area contributed by atoms with E-state index in [0.717, 1.165) is 28.6 Å². The van der Waals surface area contributed by atoms with Crippen LogP contribution in [0.1, 0.15) is 41.9 Å². The number of carbonyl (C=O) groups excluding carboxylic acids is 1. The standard InChI is InChI=1S/C20H19N3O4/c1-11(2)26-20(24)19-18(15-7-8-21-10-17(15)27-19)22-13-4-5-14-12(9-13)3-6-16(14)23-25/h4-5,7-11,22,25H,3,6H2,1-2H3. The Morgan fingerprint density at radius 2 is 2.19 bits per heavy atom. The fourth-order valence-corrected chi connectivity index (χ4v) is 3.28. The number of ether oxygens (including phenoxy) is 1. The lowest BCUT2D eigenvalue weighted by Gasteiger charge is -2.10. The number of hydrogen-bond donors (Lipinski definition) is 2. The maximum atomic E-state index is 12.5. The number of aryl methyl sites for hydroxylation is 1. The topological polar surface area (TPSA) is 97.0 Å². The molecule has 0 unspecified atom stereocenters. The van der Waals surface area contributed by atoms with Crippen molar-refractivity contribution in [3.8, 4) is 0 Å². The molecular weight excluding hydrogens is 346 g/mol. The molecule has 0 bridgehead atoms. The van der Waals surface area contributed by atoms with E-state index >= 15 is 0 Å². The van der Waals surface area contributed by atoms with Crippen molar-refractivity contribution in [3.63, 3.8) is 0 Å². The van der Waals surface area contributed by atoms with Crippen molar-refractivity contribution in [2.75, 3.05) is 5.32 Å². The van der Waals surface area contributed by atoms with Crippen LogP contribution >= 0.6 is 0 Å². The number of nitrogens with one attached hydrogen (secondary N) is 1. The maximum Gasteiger partial charge on any atom is 0.376 e. The molecule has 27 heavy (non-hydrogen) atoms. The Kier molecular flexibility index (Phi) is 4.27. The number of pyridine rings is 1. The molecule has 0 saturated carbocycles. The van der Waals surface area contributed by atoms with E-state index in [4.69, 9.17) is 14.4 Å². The average Bonchev–Trinajstić information content (AvgIpc) is 3.22. The van der Waals surface area contributed by atoms with E-state index in [1.165, 1.54) is 0 Å². The zero-order valence-electron chi connectivity index (χ0n) is 15.0. The van der Waals surface area contributed by atoms with E-state index in [1.807, 2.05) is 18.2 Å². The zero-order chi connectivity index (χ0) is 19.0. The van der Waals surface area contributed by atoms with Gasteiger partial charge in [0.25, 0.3) is 0 Å². The average molecular weight is 365 g/mol. The number of hydrogen-bond acceptors (Lipinski definition) is 7. The number of benzene rings is 1. The van der Waals surface area contributed by atoms with Gasteiger partial charge in [0.1, 0.15) is 5.69 Å². The van der Waals surface area contributed by atoms with Crippen molar-refractivity contribution in [3.05, 3.63) is 53.5 Å². The minimum absolute atomic E-state index is 0.116. The highest BCUT2D eigenvalue weighted by Crippen LogP contribution is 2.35. The highest BCUT2D eigenvalue weighted by molar-refractivity contribution is 6.06. The maximum absolute atomic E-state index is 12.5. The molecular formula is C20H19N3O4. The summed E-state index contributed by atoms with van der Waals surface area (Å²) in [4.78, 5) is 16.5. The highest BCUT2D eigenvalue weighted by atomic mass is 16.6. The van der Waals surface area contributed by atoms with E-state index < -0.39 is 5.97 Å². The predicted molar refractivity (Wildman–Crippen MR) is 101 cm³/mol. The Morgan fingerprint density at radius 3 is 2.96 bits per heavy atom. The van der Waals surface area contributed by atoms with Crippen LogP contribution in [0.2, 0.25) is 0 Å². The molecule has 7 heteroatoms. The second-order valence-corrected chi connectivity index (χ2v) is 6.68. The van der Waals surface area contributed by atoms with E-state index in [2.05, 4.69) is 15.5 Å². The van der Waals surface area contributed by atoms with Gasteiger partial charge in [-0.3, -0.25) is 4.98 Å². The smallest absolute Gasteiger partial charge is 0.376 e. The van der Waals surface area contributed by atoms with Crippen molar-refractivity contribution in [1.82, 2.24) is 4.98 Å². The number of aromatic nitrogens is 1. The molecule has 138 valence electrons. The van der Waals surface area contributed by atoms with Crippen molar-refractivity contribution < 1.29 is 19.2 Å². The quantitative estimate of drug-likeness (QED) is 0.407. The van der Waals surface area contributed by atoms with Crippen molar-refractivity contribution in [1.29, 1.82) is 0 Å².